The van der Waals surface area contributed by atoms with E-state index in [1.54, 1.807) is 11.8 Å². The first kappa shape index (κ1) is 14.9. The average molecular weight is 276 g/mol. The number of nitrogens with zero attached hydrogens (tertiary/aromatic N) is 1. The molecule has 0 spiro atoms. The highest BCUT2D eigenvalue weighted by Crippen LogP contribution is 2.42. The molecule has 2 aliphatic rings. The van der Waals surface area contributed by atoms with Crippen LogP contribution in [0, 0.1) is 23.7 Å². The predicted octanol–water partition coefficient (Wildman–Crippen LogP) is 1.55. The van der Waals surface area contributed by atoms with E-state index in [0.717, 1.165) is 12.8 Å². The largest absolute Gasteiger partial charge is 0.340 e. The molecule has 110 valence electrons. The van der Waals surface area contributed by atoms with Gasteiger partial charge in [-0.25, -0.2) is 0 Å². The summed E-state index contributed by atoms with van der Waals surface area (Å²) in [5, 5.41) is 2.99. The summed E-state index contributed by atoms with van der Waals surface area (Å²) in [6, 6.07) is -0.368. The van der Waals surface area contributed by atoms with Crippen LogP contribution >= 0.6 is 0 Å². The summed E-state index contributed by atoms with van der Waals surface area (Å²) in [6.45, 7) is 8.17. The number of nitrogens with one attached hydrogen (secondary N) is 1. The second-order valence-corrected chi connectivity index (χ2v) is 6.33. The normalized spacial score (nSPS) is 30.1. The van der Waals surface area contributed by atoms with E-state index in [9.17, 15) is 9.59 Å². The minimum absolute atomic E-state index is 0.0153. The number of hydrogen-bond acceptors (Lipinski definition) is 2. The highest BCUT2D eigenvalue weighted by molar-refractivity contribution is 6.00. The van der Waals surface area contributed by atoms with Crippen LogP contribution in [0.15, 0.2) is 0 Å². The van der Waals surface area contributed by atoms with E-state index in [2.05, 4.69) is 17.2 Å². The number of piperazine rings is 1. The Morgan fingerprint density at radius 3 is 2.55 bits per heavy atom. The maximum Gasteiger partial charge on any atom is 0.249 e. The Labute approximate surface area is 121 Å². The molecule has 0 radical (unpaired) electrons. The Bertz CT molecular complexity index is 471. The monoisotopic (exact) mass is 276 g/mol. The van der Waals surface area contributed by atoms with Crippen LogP contribution in [-0.2, 0) is 9.59 Å². The molecule has 4 nitrogen and oxygen atoms in total. The number of carbonyl (C=O) groups is 2. The maximum absolute atomic E-state index is 12.8. The van der Waals surface area contributed by atoms with Gasteiger partial charge in [-0.3, -0.25) is 9.59 Å². The van der Waals surface area contributed by atoms with Crippen LogP contribution in [0.3, 0.4) is 0 Å². The van der Waals surface area contributed by atoms with Crippen molar-refractivity contribution in [3.05, 3.63) is 0 Å². The van der Waals surface area contributed by atoms with E-state index in [0.29, 0.717) is 18.9 Å². The van der Waals surface area contributed by atoms with Crippen molar-refractivity contribution in [2.45, 2.75) is 58.5 Å². The fourth-order valence-electron chi connectivity index (χ4n) is 3.09. The standard InChI is InChI=1S/C16H24N2O2/c1-5-6-7-10-18-13(11(2)3)14(19)17-16(4,15(18)20)12-8-9-12/h11-13H,7-10H2,1-4H3,(H,17,19). The molecular weight excluding hydrogens is 252 g/mol. The summed E-state index contributed by atoms with van der Waals surface area (Å²) in [4.78, 5) is 27.0. The van der Waals surface area contributed by atoms with Gasteiger partial charge >= 0.3 is 0 Å². The van der Waals surface area contributed by atoms with E-state index >= 15 is 0 Å². The highest BCUT2D eigenvalue weighted by Gasteiger charge is 2.55. The van der Waals surface area contributed by atoms with Crippen LogP contribution in [-0.4, -0.2) is 34.8 Å². The van der Waals surface area contributed by atoms with Gasteiger partial charge in [0.1, 0.15) is 11.6 Å². The smallest absolute Gasteiger partial charge is 0.249 e. The van der Waals surface area contributed by atoms with Crippen molar-refractivity contribution in [3.63, 3.8) is 0 Å². The third-order valence-corrected chi connectivity index (χ3v) is 4.37. The van der Waals surface area contributed by atoms with Crippen molar-refractivity contribution in [2.75, 3.05) is 6.54 Å². The van der Waals surface area contributed by atoms with Crippen molar-refractivity contribution in [3.8, 4) is 11.8 Å². The van der Waals surface area contributed by atoms with Crippen molar-refractivity contribution in [1.29, 1.82) is 0 Å². The molecule has 4 heteroatoms. The van der Waals surface area contributed by atoms with Crippen LogP contribution in [0.1, 0.15) is 47.0 Å². The summed E-state index contributed by atoms with van der Waals surface area (Å²) >= 11 is 0. The van der Waals surface area contributed by atoms with Crippen molar-refractivity contribution in [1.82, 2.24) is 10.2 Å². The first-order valence-corrected chi connectivity index (χ1v) is 7.44. The zero-order valence-electron chi connectivity index (χ0n) is 12.8. The number of hydrogen-bond donors (Lipinski definition) is 1. The summed E-state index contributed by atoms with van der Waals surface area (Å²) < 4.78 is 0. The van der Waals surface area contributed by atoms with Gasteiger partial charge in [0, 0.05) is 13.0 Å². The Hall–Kier alpha value is -1.50. The molecule has 0 aromatic carbocycles. The summed E-state index contributed by atoms with van der Waals surface area (Å²) in [7, 11) is 0. The molecule has 1 saturated carbocycles. The second kappa shape index (κ2) is 5.47. The second-order valence-electron chi connectivity index (χ2n) is 6.33. The van der Waals surface area contributed by atoms with Gasteiger partial charge in [-0.05, 0) is 38.5 Å². The molecule has 1 aliphatic carbocycles. The van der Waals surface area contributed by atoms with E-state index in [4.69, 9.17) is 0 Å². The van der Waals surface area contributed by atoms with Crippen LogP contribution in [0.5, 0.6) is 0 Å². The van der Waals surface area contributed by atoms with Gasteiger partial charge in [-0.2, -0.15) is 0 Å². The molecule has 0 bridgehead atoms. The number of carbonyl (C=O) groups excluding carboxylic acids is 2. The Morgan fingerprint density at radius 1 is 1.40 bits per heavy atom. The fraction of sp³-hybridized carbons (Fsp3) is 0.750. The third-order valence-electron chi connectivity index (χ3n) is 4.37. The Kier molecular flexibility index (Phi) is 4.08. The highest BCUT2D eigenvalue weighted by atomic mass is 16.2. The lowest BCUT2D eigenvalue weighted by Gasteiger charge is -2.46. The zero-order valence-corrected chi connectivity index (χ0v) is 12.8. The number of rotatable bonds is 4. The van der Waals surface area contributed by atoms with Gasteiger partial charge < -0.3 is 10.2 Å². The Morgan fingerprint density at radius 2 is 2.05 bits per heavy atom. The molecule has 1 heterocycles. The maximum atomic E-state index is 12.8. The van der Waals surface area contributed by atoms with Crippen molar-refractivity contribution < 1.29 is 9.59 Å². The van der Waals surface area contributed by atoms with Gasteiger partial charge in [0.05, 0.1) is 0 Å². The molecule has 1 N–H and O–H groups in total. The summed E-state index contributed by atoms with van der Waals surface area (Å²) in [5.74, 6) is 6.29. The molecule has 1 aliphatic heterocycles. The quantitative estimate of drug-likeness (QED) is 0.792. The van der Waals surface area contributed by atoms with Gasteiger partial charge in [0.2, 0.25) is 11.8 Å². The minimum Gasteiger partial charge on any atom is -0.340 e. The van der Waals surface area contributed by atoms with Gasteiger partial charge in [-0.15, -0.1) is 11.8 Å². The third kappa shape index (κ3) is 2.54. The first-order chi connectivity index (χ1) is 9.41. The molecule has 2 unspecified atom stereocenters. The molecule has 2 atom stereocenters. The average Bonchev–Trinajstić information content (AvgIpc) is 3.19. The molecule has 1 saturated heterocycles. The minimum atomic E-state index is -0.706. The zero-order chi connectivity index (χ0) is 14.9. The topological polar surface area (TPSA) is 49.4 Å². The van der Waals surface area contributed by atoms with Gasteiger partial charge in [0.25, 0.3) is 0 Å². The molecule has 2 amide bonds. The van der Waals surface area contributed by atoms with Crippen molar-refractivity contribution in [2.24, 2.45) is 11.8 Å². The molecule has 20 heavy (non-hydrogen) atoms. The lowest BCUT2D eigenvalue weighted by atomic mass is 9.86. The molecule has 2 fully saturated rings. The van der Waals surface area contributed by atoms with E-state index < -0.39 is 5.54 Å². The Balaban J connectivity index is 2.25. The van der Waals surface area contributed by atoms with E-state index in [1.165, 1.54) is 0 Å². The lowest BCUT2D eigenvalue weighted by molar-refractivity contribution is -0.157. The van der Waals surface area contributed by atoms with E-state index in [-0.39, 0.29) is 23.8 Å². The van der Waals surface area contributed by atoms with Crippen LogP contribution in [0.4, 0.5) is 0 Å². The van der Waals surface area contributed by atoms with E-state index in [1.807, 2.05) is 20.8 Å². The van der Waals surface area contributed by atoms with Crippen LogP contribution in [0.2, 0.25) is 0 Å². The van der Waals surface area contributed by atoms with Gasteiger partial charge in [-0.1, -0.05) is 13.8 Å². The van der Waals surface area contributed by atoms with Crippen LogP contribution < -0.4 is 5.32 Å². The summed E-state index contributed by atoms with van der Waals surface area (Å²) in [5.41, 5.74) is -0.706. The molecule has 0 aromatic rings. The van der Waals surface area contributed by atoms with Crippen LogP contribution in [0.25, 0.3) is 0 Å². The number of amides is 2. The van der Waals surface area contributed by atoms with Gasteiger partial charge in [0.15, 0.2) is 0 Å². The fourth-order valence-corrected chi connectivity index (χ4v) is 3.09. The molecule has 2 rings (SSSR count). The molecular formula is C16H24N2O2. The lowest BCUT2D eigenvalue weighted by Crippen LogP contribution is -2.71. The van der Waals surface area contributed by atoms with Crippen molar-refractivity contribution >= 4 is 11.8 Å². The summed E-state index contributed by atoms with van der Waals surface area (Å²) in [6.07, 6.45) is 2.68. The first-order valence-electron chi connectivity index (χ1n) is 7.44. The molecule has 0 aromatic heterocycles. The SMILES string of the molecule is CC#CCCN1C(=O)C(C)(C2CC2)NC(=O)C1C(C)C. The predicted molar refractivity (Wildman–Crippen MR) is 77.7 cm³/mol.